The van der Waals surface area contributed by atoms with Crippen molar-refractivity contribution in [1.29, 1.82) is 0 Å². The van der Waals surface area contributed by atoms with Gasteiger partial charge in [-0.05, 0) is 25.0 Å². The highest BCUT2D eigenvalue weighted by molar-refractivity contribution is 5.26. The Kier molecular flexibility index (Phi) is 4.74. The second-order valence-electron chi connectivity index (χ2n) is 5.12. The number of aliphatic hydroxyl groups excluding tert-OH is 1. The Hall–Kier alpha value is -1.88. The molecule has 0 fully saturated rings. The van der Waals surface area contributed by atoms with E-state index in [0.717, 1.165) is 11.4 Å². The monoisotopic (exact) mass is 275 g/mol. The molecule has 0 radical (unpaired) electrons. The van der Waals surface area contributed by atoms with Crippen LogP contribution in [0.2, 0.25) is 0 Å². The predicted molar refractivity (Wildman–Crippen MR) is 76.7 cm³/mol. The summed E-state index contributed by atoms with van der Waals surface area (Å²) in [5.41, 5.74) is 2.83. The van der Waals surface area contributed by atoms with Gasteiger partial charge in [0.1, 0.15) is 18.1 Å². The van der Waals surface area contributed by atoms with E-state index in [-0.39, 0.29) is 12.5 Å². The van der Waals surface area contributed by atoms with E-state index in [4.69, 9.17) is 4.74 Å². The summed E-state index contributed by atoms with van der Waals surface area (Å²) in [6, 6.07) is 7.96. The zero-order valence-electron chi connectivity index (χ0n) is 12.2. The molecule has 0 aliphatic heterocycles. The maximum Gasteiger partial charge on any atom is 0.119 e. The summed E-state index contributed by atoms with van der Waals surface area (Å²) in [7, 11) is 0. The van der Waals surface area contributed by atoms with Crippen molar-refractivity contribution in [2.24, 2.45) is 0 Å². The number of rotatable bonds is 6. The number of aryl methyl sites for hydroxylation is 1. The van der Waals surface area contributed by atoms with E-state index in [1.165, 1.54) is 5.56 Å². The molecule has 2 rings (SSSR count). The van der Waals surface area contributed by atoms with Gasteiger partial charge < -0.3 is 9.84 Å². The van der Waals surface area contributed by atoms with E-state index in [2.05, 4.69) is 24.2 Å². The topological polar surface area (TPSA) is 60.2 Å². The fourth-order valence-electron chi connectivity index (χ4n) is 2.15. The van der Waals surface area contributed by atoms with Crippen LogP contribution in [0, 0.1) is 6.92 Å². The minimum absolute atomic E-state index is 0.0771. The van der Waals surface area contributed by atoms with Crippen LogP contribution in [-0.2, 0) is 13.2 Å². The van der Waals surface area contributed by atoms with Gasteiger partial charge in [-0.2, -0.15) is 0 Å². The molecule has 0 aliphatic carbocycles. The Balaban J connectivity index is 1.97. The lowest BCUT2D eigenvalue weighted by atomic mass is 10.1. The molecule has 0 spiro atoms. The molecule has 0 amide bonds. The maximum atomic E-state index is 9.26. The molecule has 1 N–H and O–H groups in total. The van der Waals surface area contributed by atoms with E-state index in [1.54, 1.807) is 0 Å². The molecule has 0 saturated carbocycles. The second-order valence-corrected chi connectivity index (χ2v) is 5.12. The smallest absolute Gasteiger partial charge is 0.119 e. The zero-order valence-corrected chi connectivity index (χ0v) is 12.2. The van der Waals surface area contributed by atoms with Gasteiger partial charge in [0, 0.05) is 0 Å². The highest BCUT2D eigenvalue weighted by Crippen LogP contribution is 2.17. The summed E-state index contributed by atoms with van der Waals surface area (Å²) in [6.07, 6.45) is 0. The molecule has 0 bridgehead atoms. The number of hydrogen-bond acceptors (Lipinski definition) is 4. The van der Waals surface area contributed by atoms with Crippen molar-refractivity contribution in [3.8, 4) is 5.75 Å². The zero-order chi connectivity index (χ0) is 14.5. The summed E-state index contributed by atoms with van der Waals surface area (Å²) in [5.74, 6) is 1.12. The van der Waals surface area contributed by atoms with Crippen molar-refractivity contribution in [3.63, 3.8) is 0 Å². The number of ether oxygens (including phenoxy) is 1. The Morgan fingerprint density at radius 2 is 1.95 bits per heavy atom. The van der Waals surface area contributed by atoms with Gasteiger partial charge in [-0.15, -0.1) is 5.10 Å². The Morgan fingerprint density at radius 3 is 2.55 bits per heavy atom. The highest BCUT2D eigenvalue weighted by atomic mass is 16.5. The maximum absolute atomic E-state index is 9.26. The molecular weight excluding hydrogens is 254 g/mol. The molecule has 0 saturated heterocycles. The molecule has 1 heterocycles. The average molecular weight is 275 g/mol. The van der Waals surface area contributed by atoms with Gasteiger partial charge in [-0.25, -0.2) is 4.68 Å². The van der Waals surface area contributed by atoms with Crippen LogP contribution in [0.4, 0.5) is 0 Å². The normalized spacial score (nSPS) is 11.1. The average Bonchev–Trinajstić information content (AvgIpc) is 2.84. The van der Waals surface area contributed by atoms with Gasteiger partial charge in [-0.1, -0.05) is 36.8 Å². The van der Waals surface area contributed by atoms with Crippen LogP contribution in [0.1, 0.15) is 36.7 Å². The van der Waals surface area contributed by atoms with Crippen molar-refractivity contribution in [1.82, 2.24) is 15.0 Å². The number of aromatic nitrogens is 3. The lowest BCUT2D eigenvalue weighted by Gasteiger charge is -2.11. The van der Waals surface area contributed by atoms with Gasteiger partial charge in [0.25, 0.3) is 0 Å². The molecule has 108 valence electrons. The summed E-state index contributed by atoms with van der Waals surface area (Å²) in [4.78, 5) is 0. The highest BCUT2D eigenvalue weighted by Gasteiger charge is 2.15. The minimum atomic E-state index is -0.0771. The summed E-state index contributed by atoms with van der Waals surface area (Å²) in [6.45, 7) is 7.24. The van der Waals surface area contributed by atoms with Gasteiger partial charge in [0.15, 0.2) is 0 Å². The van der Waals surface area contributed by atoms with Crippen molar-refractivity contribution in [3.05, 3.63) is 41.2 Å². The summed E-state index contributed by atoms with van der Waals surface area (Å²) >= 11 is 0. The van der Waals surface area contributed by atoms with E-state index < -0.39 is 0 Å². The number of aliphatic hydroxyl groups is 1. The lowest BCUT2D eigenvalue weighted by Crippen LogP contribution is -2.13. The molecule has 5 nitrogen and oxygen atoms in total. The molecule has 0 unspecified atom stereocenters. The van der Waals surface area contributed by atoms with Crippen LogP contribution in [-0.4, -0.2) is 26.7 Å². The number of benzene rings is 1. The SMILES string of the molecule is Cc1ccc(OCCn2nnc(CO)c2C(C)C)cc1. The molecule has 1 aromatic heterocycles. The van der Waals surface area contributed by atoms with Crippen LogP contribution < -0.4 is 4.74 Å². The van der Waals surface area contributed by atoms with Gasteiger partial charge in [0.05, 0.1) is 18.8 Å². The quantitative estimate of drug-likeness (QED) is 0.878. The Morgan fingerprint density at radius 1 is 1.25 bits per heavy atom. The molecule has 0 atom stereocenters. The summed E-state index contributed by atoms with van der Waals surface area (Å²) < 4.78 is 7.50. The molecule has 0 aliphatic rings. The van der Waals surface area contributed by atoms with Crippen LogP contribution in [0.15, 0.2) is 24.3 Å². The second kappa shape index (κ2) is 6.52. The summed E-state index contributed by atoms with van der Waals surface area (Å²) in [5, 5.41) is 17.3. The van der Waals surface area contributed by atoms with Crippen LogP contribution >= 0.6 is 0 Å². The Bertz CT molecular complexity index is 547. The largest absolute Gasteiger partial charge is 0.492 e. The molecular formula is C15H21N3O2. The van der Waals surface area contributed by atoms with Crippen molar-refractivity contribution in [2.45, 2.75) is 39.8 Å². The fourth-order valence-corrected chi connectivity index (χ4v) is 2.15. The van der Waals surface area contributed by atoms with Crippen molar-refractivity contribution in [2.75, 3.05) is 6.61 Å². The van der Waals surface area contributed by atoms with Gasteiger partial charge in [-0.3, -0.25) is 0 Å². The third-order valence-electron chi connectivity index (χ3n) is 3.14. The standard InChI is InChI=1S/C15H21N3O2/c1-11(2)15-14(10-19)16-17-18(15)8-9-20-13-6-4-12(3)5-7-13/h4-7,11,19H,8-10H2,1-3H3. The van der Waals surface area contributed by atoms with Crippen LogP contribution in [0.5, 0.6) is 5.75 Å². The fraction of sp³-hybridized carbons (Fsp3) is 0.467. The molecule has 5 heteroatoms. The predicted octanol–water partition coefficient (Wildman–Crippen LogP) is 2.28. The van der Waals surface area contributed by atoms with E-state index >= 15 is 0 Å². The third-order valence-corrected chi connectivity index (χ3v) is 3.14. The first-order valence-corrected chi connectivity index (χ1v) is 6.84. The first-order chi connectivity index (χ1) is 9.61. The van der Waals surface area contributed by atoms with Gasteiger partial charge >= 0.3 is 0 Å². The lowest BCUT2D eigenvalue weighted by molar-refractivity contribution is 0.273. The number of nitrogens with zero attached hydrogens (tertiary/aromatic N) is 3. The first kappa shape index (κ1) is 14.5. The Labute approximate surface area is 119 Å². The van der Waals surface area contributed by atoms with E-state index in [0.29, 0.717) is 18.8 Å². The molecule has 2 aromatic rings. The molecule has 20 heavy (non-hydrogen) atoms. The van der Waals surface area contributed by atoms with Crippen LogP contribution in [0.25, 0.3) is 0 Å². The van der Waals surface area contributed by atoms with Crippen LogP contribution in [0.3, 0.4) is 0 Å². The van der Waals surface area contributed by atoms with Gasteiger partial charge in [0.2, 0.25) is 0 Å². The third kappa shape index (κ3) is 3.36. The van der Waals surface area contributed by atoms with E-state index in [1.807, 2.05) is 35.9 Å². The van der Waals surface area contributed by atoms with Crippen molar-refractivity contribution < 1.29 is 9.84 Å². The number of hydrogen-bond donors (Lipinski definition) is 1. The first-order valence-electron chi connectivity index (χ1n) is 6.84. The minimum Gasteiger partial charge on any atom is -0.492 e. The van der Waals surface area contributed by atoms with E-state index in [9.17, 15) is 5.11 Å². The van der Waals surface area contributed by atoms with Crippen molar-refractivity contribution >= 4 is 0 Å². The molecule has 1 aromatic carbocycles.